The van der Waals surface area contributed by atoms with Crippen molar-refractivity contribution in [3.05, 3.63) is 35.9 Å². The van der Waals surface area contributed by atoms with E-state index in [4.69, 9.17) is 4.74 Å². The maximum Gasteiger partial charge on any atom is 0.248 e. The quantitative estimate of drug-likeness (QED) is 0.250. The van der Waals surface area contributed by atoms with Gasteiger partial charge in [0.05, 0.1) is 24.9 Å². The minimum Gasteiger partial charge on any atom is -0.391 e. The van der Waals surface area contributed by atoms with Gasteiger partial charge in [-0.1, -0.05) is 78.3 Å². The molecule has 9 amide bonds. The van der Waals surface area contributed by atoms with E-state index in [1.807, 2.05) is 47.6 Å². The summed E-state index contributed by atoms with van der Waals surface area (Å²) in [5, 5.41) is 19.2. The van der Waals surface area contributed by atoms with Crippen LogP contribution in [0.5, 0.6) is 0 Å². The average molecular weight is 1030 g/mol. The van der Waals surface area contributed by atoms with Crippen molar-refractivity contribution in [2.45, 2.75) is 175 Å². The van der Waals surface area contributed by atoms with Gasteiger partial charge in [-0.25, -0.2) is 0 Å². The van der Waals surface area contributed by atoms with Gasteiger partial charge in [-0.05, 0) is 77.7 Å². The van der Waals surface area contributed by atoms with E-state index < -0.39 is 120 Å². The van der Waals surface area contributed by atoms with Crippen molar-refractivity contribution in [3.8, 4) is 0 Å². The van der Waals surface area contributed by atoms with Crippen LogP contribution >= 0.6 is 0 Å². The third-order valence-corrected chi connectivity index (χ3v) is 13.5. The molecule has 1 aromatic carbocycles. The lowest BCUT2D eigenvalue weighted by Crippen LogP contribution is -2.61. The fourth-order valence-corrected chi connectivity index (χ4v) is 8.72. The predicted molar refractivity (Wildman–Crippen MR) is 278 cm³/mol. The topological polar surface area (TPSA) is 239 Å². The minimum atomic E-state index is -1.59. The molecule has 10 atom stereocenters. The van der Waals surface area contributed by atoms with Gasteiger partial charge in [0.25, 0.3) is 0 Å². The number of rotatable bonds is 11. The van der Waals surface area contributed by atoms with Gasteiger partial charge in [-0.3, -0.25) is 43.2 Å². The Bertz CT molecular complexity index is 2060. The van der Waals surface area contributed by atoms with Crippen LogP contribution in [0.3, 0.4) is 0 Å². The molecular formula is C53H89N9O11. The van der Waals surface area contributed by atoms with E-state index in [9.17, 15) is 48.3 Å². The number of ether oxygens (including phenoxy) is 1. The summed E-state index contributed by atoms with van der Waals surface area (Å²) in [7, 11) is 8.57. The summed E-state index contributed by atoms with van der Waals surface area (Å²) in [5.74, 6) is -6.50. The molecule has 73 heavy (non-hydrogen) atoms. The van der Waals surface area contributed by atoms with Gasteiger partial charge in [0.15, 0.2) is 0 Å². The first kappa shape index (κ1) is 63.5. The fraction of sp³-hybridized carbons (Fsp3) is 0.717. The van der Waals surface area contributed by atoms with E-state index in [1.54, 1.807) is 52.0 Å². The largest absolute Gasteiger partial charge is 0.391 e. The molecule has 1 aliphatic heterocycles. The van der Waals surface area contributed by atoms with Gasteiger partial charge in [0.1, 0.15) is 42.3 Å². The summed E-state index contributed by atoms with van der Waals surface area (Å²) >= 11 is 0. The number of benzene rings is 1. The van der Waals surface area contributed by atoms with Crippen molar-refractivity contribution in [3.63, 3.8) is 0 Å². The highest BCUT2D eigenvalue weighted by Gasteiger charge is 2.42. The number of hydrogen-bond acceptors (Lipinski definition) is 11. The molecule has 1 heterocycles. The van der Waals surface area contributed by atoms with Gasteiger partial charge < -0.3 is 55.2 Å². The Kier molecular flexibility index (Phi) is 24.5. The van der Waals surface area contributed by atoms with E-state index in [0.29, 0.717) is 12.0 Å². The van der Waals surface area contributed by atoms with Gasteiger partial charge in [0, 0.05) is 61.2 Å². The maximum absolute atomic E-state index is 14.8. The van der Waals surface area contributed by atoms with Gasteiger partial charge in [0.2, 0.25) is 53.2 Å². The monoisotopic (exact) mass is 1030 g/mol. The standard InChI is InChI=1S/C53H89N9O11/c1-19-33(6)45-47(67)54-34(7)27-43(65)58(14)35(8)48(68)60(16)41(28-37-23-21-20-22-24-37)50(70)59(15)39(25-31(2)3)46(66)56-44(36(9)63)52(72)57(13)29-42(64)55-38(30-73-53(10,11)12)49(69)61(17)40(26-32(4)5)51(71)62(45)18/h20-24,31-36,38-41,44-45,63H,19,25-30H2,1-18H3,(H,54,67)(H,55,64)(H,56,66)/t33-,34-,35+,36+,38-,39-,40-,41-,44-,45-/m0/s1. The first-order valence-corrected chi connectivity index (χ1v) is 25.6. The smallest absolute Gasteiger partial charge is 0.248 e. The number of nitrogens with zero attached hydrogens (tertiary/aromatic N) is 6. The summed E-state index contributed by atoms with van der Waals surface area (Å²) in [5.41, 5.74) is -0.0583. The van der Waals surface area contributed by atoms with Crippen molar-refractivity contribution in [1.29, 1.82) is 0 Å². The molecule has 0 saturated carbocycles. The Morgan fingerprint density at radius 1 is 0.644 bits per heavy atom. The van der Waals surface area contributed by atoms with Crippen molar-refractivity contribution in [2.24, 2.45) is 17.8 Å². The highest BCUT2D eigenvalue weighted by molar-refractivity contribution is 5.98. The fourth-order valence-electron chi connectivity index (χ4n) is 8.72. The van der Waals surface area contributed by atoms with Crippen LogP contribution in [0.25, 0.3) is 0 Å². The van der Waals surface area contributed by atoms with Crippen LogP contribution < -0.4 is 16.0 Å². The minimum absolute atomic E-state index is 0.0367. The number of likely N-dealkylation sites (N-methyl/N-ethyl adjacent to an activating group) is 6. The third-order valence-electron chi connectivity index (χ3n) is 13.5. The van der Waals surface area contributed by atoms with Gasteiger partial charge in [-0.15, -0.1) is 0 Å². The van der Waals surface area contributed by atoms with Crippen molar-refractivity contribution < 1.29 is 53.0 Å². The number of carbonyl (C=O) groups excluding carboxylic acids is 9. The molecule has 2 rings (SSSR count). The Balaban J connectivity index is 2.86. The molecule has 1 aromatic rings. The number of aliphatic hydroxyl groups is 1. The average Bonchev–Trinajstić information content (AvgIpc) is 3.31. The molecule has 20 heteroatoms. The van der Waals surface area contributed by atoms with Crippen LogP contribution in [0.4, 0.5) is 0 Å². The van der Waals surface area contributed by atoms with Crippen LogP contribution in [0.1, 0.15) is 114 Å². The molecule has 20 nitrogen and oxygen atoms in total. The van der Waals surface area contributed by atoms with E-state index >= 15 is 0 Å². The third kappa shape index (κ3) is 18.4. The highest BCUT2D eigenvalue weighted by atomic mass is 16.5. The summed E-state index contributed by atoms with van der Waals surface area (Å²) < 4.78 is 6.01. The van der Waals surface area contributed by atoms with Crippen LogP contribution in [-0.4, -0.2) is 203 Å². The lowest BCUT2D eigenvalue weighted by molar-refractivity contribution is -0.152. The number of hydrogen-bond donors (Lipinski definition) is 4. The van der Waals surface area contributed by atoms with Crippen molar-refractivity contribution in [1.82, 2.24) is 45.3 Å². The molecular weight excluding hydrogens is 939 g/mol. The molecule has 4 N–H and O–H groups in total. The zero-order valence-electron chi connectivity index (χ0n) is 47.0. The second kappa shape index (κ2) is 28.2. The van der Waals surface area contributed by atoms with E-state index in [0.717, 1.165) is 4.90 Å². The van der Waals surface area contributed by atoms with E-state index in [1.165, 1.54) is 80.6 Å². The molecule has 0 aliphatic carbocycles. The predicted octanol–water partition coefficient (Wildman–Crippen LogP) is 2.05. The molecule has 1 aliphatic rings. The molecule has 412 valence electrons. The first-order chi connectivity index (χ1) is 33.7. The van der Waals surface area contributed by atoms with Crippen molar-refractivity contribution >= 4 is 53.2 Å². The Morgan fingerprint density at radius 2 is 1.16 bits per heavy atom. The summed E-state index contributed by atoms with van der Waals surface area (Å²) in [6, 6.07) is -0.355. The van der Waals surface area contributed by atoms with Crippen LogP contribution in [0.2, 0.25) is 0 Å². The number of nitrogens with one attached hydrogen (secondary N) is 3. The Labute approximate surface area is 434 Å². The SMILES string of the molecule is CC[C@H](C)[C@H]1C(=O)N[C@@H](C)CC(=O)N(C)[C@H](C)C(=O)N(C)[C@@H](Cc2ccccc2)C(=O)N(C)[C@@H](CC(C)C)C(=O)N[C@@H]([C@@H](C)O)C(=O)N(C)CC(=O)N[C@@H](COC(C)(C)C)C(=O)N(C)[C@@H](CC(C)C)C(=O)N1C. The number of aliphatic hydroxyl groups excluding tert-OH is 1. The molecule has 1 saturated heterocycles. The second-order valence-corrected chi connectivity index (χ2v) is 21.9. The van der Waals surface area contributed by atoms with Gasteiger partial charge >= 0.3 is 0 Å². The molecule has 0 radical (unpaired) electrons. The van der Waals surface area contributed by atoms with Crippen LogP contribution in [-0.2, 0) is 54.3 Å². The van der Waals surface area contributed by atoms with E-state index in [-0.39, 0.29) is 50.0 Å². The van der Waals surface area contributed by atoms with Crippen LogP contribution in [0, 0.1) is 17.8 Å². The summed E-state index contributed by atoms with van der Waals surface area (Å²) in [6.45, 7) is 20.0. The first-order valence-electron chi connectivity index (χ1n) is 25.6. The molecule has 0 spiro atoms. The zero-order chi connectivity index (χ0) is 56.0. The Hall–Kier alpha value is -5.63. The maximum atomic E-state index is 14.8. The summed E-state index contributed by atoms with van der Waals surface area (Å²) in [6.07, 6.45) is -0.881. The number of carbonyl (C=O) groups is 9. The van der Waals surface area contributed by atoms with E-state index in [2.05, 4.69) is 16.0 Å². The zero-order valence-corrected chi connectivity index (χ0v) is 47.0. The normalized spacial score (nSPS) is 26.2. The second-order valence-electron chi connectivity index (χ2n) is 21.9. The van der Waals surface area contributed by atoms with Gasteiger partial charge in [-0.2, -0.15) is 0 Å². The molecule has 1 fully saturated rings. The number of amides is 9. The lowest BCUT2D eigenvalue weighted by atomic mass is 9.94. The molecule has 0 bridgehead atoms. The Morgan fingerprint density at radius 3 is 1.68 bits per heavy atom. The van der Waals surface area contributed by atoms with Crippen molar-refractivity contribution in [2.75, 3.05) is 55.4 Å². The van der Waals surface area contributed by atoms with Crippen LogP contribution in [0.15, 0.2) is 30.3 Å². The lowest BCUT2D eigenvalue weighted by Gasteiger charge is -2.38. The molecule has 0 aromatic heterocycles. The highest BCUT2D eigenvalue weighted by Crippen LogP contribution is 2.23. The summed E-state index contributed by atoms with van der Waals surface area (Å²) in [4.78, 5) is 136. The molecule has 0 unspecified atom stereocenters.